The summed E-state index contributed by atoms with van der Waals surface area (Å²) in [6, 6.07) is 1.80. The zero-order valence-electron chi connectivity index (χ0n) is 22.8. The van der Waals surface area contributed by atoms with E-state index in [4.69, 9.17) is 11.6 Å². The molecule has 1 saturated heterocycles. The quantitative estimate of drug-likeness (QED) is 0.284. The highest BCUT2D eigenvalue weighted by Gasteiger charge is 2.53. The van der Waals surface area contributed by atoms with Gasteiger partial charge in [-0.15, -0.1) is 0 Å². The SMILES string of the molecule is Cc1c(C(C)n2cc(NC(=O)c3cncc(-c4c(C(F)F)ccc(Cl)c4F)n3)cn2)cnc(N2C[C@H]3C[C@H]3C2=O)c1C. The number of amides is 2. The second-order valence-electron chi connectivity index (χ2n) is 10.6. The molecule has 1 aliphatic carbocycles. The van der Waals surface area contributed by atoms with Crippen molar-refractivity contribution >= 4 is 34.9 Å². The average Bonchev–Trinajstić information content (AvgIpc) is 3.47. The number of benzene rings is 1. The Morgan fingerprint density at radius 3 is 2.62 bits per heavy atom. The number of carbonyl (C=O) groups is 2. The topological polar surface area (TPSA) is 106 Å². The Kier molecular flexibility index (Phi) is 6.96. The third kappa shape index (κ3) is 4.79. The third-order valence-electron chi connectivity index (χ3n) is 8.03. The van der Waals surface area contributed by atoms with Gasteiger partial charge in [0.15, 0.2) is 5.82 Å². The molecule has 1 unspecified atom stereocenters. The number of pyridine rings is 1. The smallest absolute Gasteiger partial charge is 0.275 e. The number of halogens is 4. The second kappa shape index (κ2) is 10.5. The van der Waals surface area contributed by atoms with Crippen LogP contribution in [0, 0.1) is 31.5 Å². The van der Waals surface area contributed by atoms with Gasteiger partial charge in [-0.3, -0.25) is 24.2 Å². The van der Waals surface area contributed by atoms with E-state index in [-0.39, 0.29) is 34.3 Å². The van der Waals surface area contributed by atoms with Crippen LogP contribution in [-0.4, -0.2) is 43.1 Å². The maximum absolute atomic E-state index is 14.7. The number of alkyl halides is 2. The molecule has 1 saturated carbocycles. The van der Waals surface area contributed by atoms with Crippen molar-refractivity contribution in [3.05, 3.63) is 81.9 Å². The summed E-state index contributed by atoms with van der Waals surface area (Å²) in [6.07, 6.45) is 5.04. The lowest BCUT2D eigenvalue weighted by atomic mass is 10.0. The minimum Gasteiger partial charge on any atom is -0.318 e. The largest absolute Gasteiger partial charge is 0.318 e. The first-order valence-electron chi connectivity index (χ1n) is 13.3. The summed E-state index contributed by atoms with van der Waals surface area (Å²) in [6.45, 7) is 6.58. The van der Waals surface area contributed by atoms with Crippen LogP contribution < -0.4 is 10.2 Å². The zero-order chi connectivity index (χ0) is 29.9. The molecule has 13 heteroatoms. The number of nitrogens with zero attached hydrogens (tertiary/aromatic N) is 6. The van der Waals surface area contributed by atoms with Crippen LogP contribution in [0.3, 0.4) is 0 Å². The van der Waals surface area contributed by atoms with Gasteiger partial charge in [0, 0.05) is 36.0 Å². The summed E-state index contributed by atoms with van der Waals surface area (Å²) < 4.78 is 43.5. The Balaban J connectivity index is 1.20. The highest BCUT2D eigenvalue weighted by atomic mass is 35.5. The zero-order valence-corrected chi connectivity index (χ0v) is 23.5. The summed E-state index contributed by atoms with van der Waals surface area (Å²) in [7, 11) is 0. The monoisotopic (exact) mass is 595 g/mol. The van der Waals surface area contributed by atoms with Crippen LogP contribution in [0.5, 0.6) is 0 Å². The van der Waals surface area contributed by atoms with E-state index in [1.807, 2.05) is 20.8 Å². The molecular weight excluding hydrogens is 571 g/mol. The lowest BCUT2D eigenvalue weighted by Gasteiger charge is -2.23. The number of hydrogen-bond donors (Lipinski definition) is 1. The summed E-state index contributed by atoms with van der Waals surface area (Å²) in [5.41, 5.74) is 1.58. The fourth-order valence-corrected chi connectivity index (χ4v) is 5.58. The normalized spacial score (nSPS) is 18.4. The first-order valence-corrected chi connectivity index (χ1v) is 13.6. The van der Waals surface area contributed by atoms with Gasteiger partial charge in [-0.05, 0) is 55.9 Å². The van der Waals surface area contributed by atoms with Gasteiger partial charge in [0.25, 0.3) is 12.3 Å². The molecule has 0 spiro atoms. The fourth-order valence-electron chi connectivity index (χ4n) is 5.42. The van der Waals surface area contributed by atoms with Crippen LogP contribution in [-0.2, 0) is 4.79 Å². The van der Waals surface area contributed by atoms with Crippen molar-refractivity contribution in [2.24, 2.45) is 11.8 Å². The van der Waals surface area contributed by atoms with Crippen LogP contribution in [0.1, 0.15) is 58.6 Å². The molecule has 1 aliphatic heterocycles. The maximum Gasteiger partial charge on any atom is 0.275 e. The van der Waals surface area contributed by atoms with Gasteiger partial charge in [0.1, 0.15) is 11.5 Å². The molecule has 2 aliphatic rings. The van der Waals surface area contributed by atoms with Gasteiger partial charge in [0.2, 0.25) is 5.91 Å². The van der Waals surface area contributed by atoms with Crippen molar-refractivity contribution < 1.29 is 22.8 Å². The number of carbonyl (C=O) groups excluding carboxylic acids is 2. The summed E-state index contributed by atoms with van der Waals surface area (Å²) in [4.78, 5) is 39.9. The van der Waals surface area contributed by atoms with Gasteiger partial charge >= 0.3 is 0 Å². The molecule has 1 N–H and O–H groups in total. The predicted molar refractivity (Wildman–Crippen MR) is 149 cm³/mol. The Hall–Kier alpha value is -4.32. The van der Waals surface area contributed by atoms with E-state index in [9.17, 15) is 22.8 Å². The highest BCUT2D eigenvalue weighted by molar-refractivity contribution is 6.31. The van der Waals surface area contributed by atoms with Crippen molar-refractivity contribution in [3.8, 4) is 11.3 Å². The Morgan fingerprint density at radius 2 is 1.90 bits per heavy atom. The maximum atomic E-state index is 14.7. The lowest BCUT2D eigenvalue weighted by Crippen LogP contribution is -2.30. The fraction of sp³-hybridized carbons (Fsp3) is 0.310. The van der Waals surface area contributed by atoms with Crippen molar-refractivity contribution in [2.75, 3.05) is 16.8 Å². The van der Waals surface area contributed by atoms with Gasteiger partial charge in [-0.1, -0.05) is 17.7 Å². The van der Waals surface area contributed by atoms with Crippen molar-refractivity contribution in [2.45, 2.75) is 39.7 Å². The number of rotatable bonds is 7. The van der Waals surface area contributed by atoms with Crippen LogP contribution in [0.4, 0.5) is 24.7 Å². The Morgan fingerprint density at radius 1 is 1.12 bits per heavy atom. The average molecular weight is 596 g/mol. The van der Waals surface area contributed by atoms with E-state index >= 15 is 0 Å². The minimum absolute atomic E-state index is 0.143. The van der Waals surface area contributed by atoms with Gasteiger partial charge in [-0.25, -0.2) is 23.1 Å². The first kappa shape index (κ1) is 27.8. The number of anilines is 2. The molecule has 3 atom stereocenters. The van der Waals surface area contributed by atoms with Crippen LogP contribution >= 0.6 is 11.6 Å². The molecule has 42 heavy (non-hydrogen) atoms. The van der Waals surface area contributed by atoms with Crippen molar-refractivity contribution in [3.63, 3.8) is 0 Å². The molecule has 4 heterocycles. The minimum atomic E-state index is -2.99. The third-order valence-corrected chi connectivity index (χ3v) is 8.32. The molecule has 3 aromatic heterocycles. The number of fused-ring (bicyclic) bond motifs is 1. The molecule has 0 radical (unpaired) electrons. The molecular formula is C29H25ClF3N7O2. The standard InChI is InChI=1S/C29H25ClF3N7O2/c1-13-14(2)27(39-11-16-6-19(16)29(39)42)35-8-20(13)15(3)40-12-17(7-36-40)37-28(41)23-10-34-9-22(38-23)24-18(26(32)33)4-5-21(30)25(24)31/h4-5,7-10,12,15-16,19,26H,6,11H2,1-3H3,(H,37,41)/t15?,16-,19-/m1/s1. The van der Waals surface area contributed by atoms with E-state index in [0.29, 0.717) is 24.0 Å². The highest BCUT2D eigenvalue weighted by Crippen LogP contribution is 2.47. The van der Waals surface area contributed by atoms with Crippen molar-refractivity contribution in [1.29, 1.82) is 0 Å². The summed E-state index contributed by atoms with van der Waals surface area (Å²) >= 11 is 5.81. The molecule has 0 bridgehead atoms. The van der Waals surface area contributed by atoms with E-state index < -0.39 is 29.3 Å². The molecule has 2 fully saturated rings. The summed E-state index contributed by atoms with van der Waals surface area (Å²) in [5, 5.41) is 6.68. The van der Waals surface area contributed by atoms with Gasteiger partial charge < -0.3 is 5.32 Å². The summed E-state index contributed by atoms with van der Waals surface area (Å²) in [5.74, 6) is -0.347. The number of aromatic nitrogens is 5. The van der Waals surface area contributed by atoms with Crippen LogP contribution in [0.25, 0.3) is 11.3 Å². The number of piperidine rings is 1. The molecule has 2 amide bonds. The number of nitrogens with one attached hydrogen (secondary N) is 1. The predicted octanol–water partition coefficient (Wildman–Crippen LogP) is 5.93. The molecule has 9 nitrogen and oxygen atoms in total. The molecule has 4 aromatic rings. The molecule has 1 aromatic carbocycles. The van der Waals surface area contributed by atoms with Gasteiger partial charge in [0.05, 0.1) is 41.0 Å². The van der Waals surface area contributed by atoms with Crippen molar-refractivity contribution in [1.82, 2.24) is 24.7 Å². The van der Waals surface area contributed by atoms with Crippen LogP contribution in [0.2, 0.25) is 5.02 Å². The lowest BCUT2D eigenvalue weighted by molar-refractivity contribution is -0.118. The Labute approximate surface area is 243 Å². The Bertz CT molecular complexity index is 1740. The van der Waals surface area contributed by atoms with E-state index in [1.165, 1.54) is 6.20 Å². The van der Waals surface area contributed by atoms with E-state index in [2.05, 4.69) is 25.4 Å². The first-order chi connectivity index (χ1) is 20.0. The molecule has 216 valence electrons. The number of hydrogen-bond acceptors (Lipinski definition) is 6. The van der Waals surface area contributed by atoms with Crippen LogP contribution in [0.15, 0.2) is 43.1 Å². The second-order valence-corrected chi connectivity index (χ2v) is 11.0. The van der Waals surface area contributed by atoms with Gasteiger partial charge in [-0.2, -0.15) is 5.10 Å². The molecule has 6 rings (SSSR count). The van der Waals surface area contributed by atoms with E-state index in [0.717, 1.165) is 47.6 Å². The van der Waals surface area contributed by atoms with E-state index in [1.54, 1.807) is 22.0 Å².